The van der Waals surface area contributed by atoms with Gasteiger partial charge in [0.05, 0.1) is 0 Å². The van der Waals surface area contributed by atoms with Crippen molar-refractivity contribution in [3.05, 3.63) is 21.3 Å². The molecule has 0 aromatic carbocycles. The molecule has 2 aliphatic heterocycles. The molecular weight excluding hydrogens is 331 g/mol. The van der Waals surface area contributed by atoms with Crippen molar-refractivity contribution in [2.24, 2.45) is 17.8 Å². The quantitative estimate of drug-likeness (QED) is 0.472. The van der Waals surface area contributed by atoms with Crippen LogP contribution in [0.4, 0.5) is 0 Å². The molecule has 92 valence electrons. The van der Waals surface area contributed by atoms with Gasteiger partial charge in [-0.25, -0.2) is 0 Å². The van der Waals surface area contributed by atoms with Crippen molar-refractivity contribution in [2.75, 3.05) is 11.0 Å². The van der Waals surface area contributed by atoms with E-state index in [4.69, 9.17) is 4.74 Å². The zero-order valence-electron chi connectivity index (χ0n) is 9.65. The van der Waals surface area contributed by atoms with E-state index < -0.39 is 19.8 Å². The first-order valence-corrected chi connectivity index (χ1v) is 9.96. The van der Waals surface area contributed by atoms with Gasteiger partial charge in [0, 0.05) is 0 Å². The molecular formula is C13H15IO3. The van der Waals surface area contributed by atoms with E-state index in [0.29, 0.717) is 18.4 Å². The van der Waals surface area contributed by atoms with Crippen LogP contribution in [0.25, 0.3) is 0 Å². The molecule has 4 rings (SSSR count). The van der Waals surface area contributed by atoms with Gasteiger partial charge in [-0.15, -0.1) is 0 Å². The van der Waals surface area contributed by atoms with Crippen molar-refractivity contribution in [1.29, 1.82) is 0 Å². The topological polar surface area (TPSA) is 46.5 Å². The monoisotopic (exact) mass is 346 g/mol. The molecule has 2 saturated carbocycles. The van der Waals surface area contributed by atoms with Crippen LogP contribution in [0.1, 0.15) is 13.3 Å². The number of halogens is 1. The molecule has 2 heterocycles. The second-order valence-corrected chi connectivity index (χ2v) is 10.8. The van der Waals surface area contributed by atoms with Crippen LogP contribution in [0.3, 0.4) is 0 Å². The number of alkyl halides is 2. The van der Waals surface area contributed by atoms with Crippen molar-refractivity contribution in [3.8, 4) is 0 Å². The first kappa shape index (κ1) is 10.6. The van der Waals surface area contributed by atoms with E-state index in [-0.39, 0.29) is 15.5 Å². The summed E-state index contributed by atoms with van der Waals surface area (Å²) in [5.74, 6) is 1.02. The van der Waals surface area contributed by atoms with E-state index in [1.165, 1.54) is 11.1 Å². The molecule has 0 radical (unpaired) electrons. The van der Waals surface area contributed by atoms with Crippen molar-refractivity contribution < 1.29 is 14.6 Å². The van der Waals surface area contributed by atoms with Gasteiger partial charge in [0.1, 0.15) is 0 Å². The Labute approximate surface area is 107 Å². The Morgan fingerprint density at radius 2 is 2.53 bits per heavy atom. The van der Waals surface area contributed by atoms with E-state index >= 15 is 0 Å². The van der Waals surface area contributed by atoms with Gasteiger partial charge >= 0.3 is 107 Å². The number of esters is 1. The number of aliphatic hydroxyl groups is 1. The van der Waals surface area contributed by atoms with Crippen LogP contribution >= 0.6 is 19.8 Å². The summed E-state index contributed by atoms with van der Waals surface area (Å²) >= 11 is -1.21. The summed E-state index contributed by atoms with van der Waals surface area (Å²) in [6.07, 6.45) is 3.09. The number of hydrogen-bond acceptors (Lipinski definition) is 3. The molecule has 3 fully saturated rings. The number of fused-ring (bicyclic) bond motifs is 4. The van der Waals surface area contributed by atoms with Crippen LogP contribution in [0, 0.1) is 17.8 Å². The van der Waals surface area contributed by atoms with Gasteiger partial charge < -0.3 is 0 Å². The molecule has 4 atom stereocenters. The summed E-state index contributed by atoms with van der Waals surface area (Å²) in [5, 5.41) is 10.1. The third-order valence-electron chi connectivity index (χ3n) is 4.23. The fraction of sp³-hybridized carbons (Fsp3) is 0.615. The van der Waals surface area contributed by atoms with E-state index in [2.05, 4.69) is 10.2 Å². The average molecular weight is 346 g/mol. The van der Waals surface area contributed by atoms with Crippen molar-refractivity contribution >= 4 is 25.8 Å². The number of rotatable bonds is 2. The van der Waals surface area contributed by atoms with Crippen LogP contribution < -0.4 is 0 Å². The van der Waals surface area contributed by atoms with Crippen LogP contribution in [-0.2, 0) is 9.53 Å². The van der Waals surface area contributed by atoms with Gasteiger partial charge in [0.15, 0.2) is 0 Å². The molecule has 4 aliphatic rings. The van der Waals surface area contributed by atoms with Crippen LogP contribution in [-0.4, -0.2) is 25.7 Å². The summed E-state index contributed by atoms with van der Waals surface area (Å²) in [5.41, 5.74) is 2.73. The third kappa shape index (κ3) is 1.34. The summed E-state index contributed by atoms with van der Waals surface area (Å²) in [7, 11) is 0. The summed E-state index contributed by atoms with van der Waals surface area (Å²) in [4.78, 5) is 11.7. The Morgan fingerprint density at radius 1 is 1.71 bits per heavy atom. The molecule has 1 saturated heterocycles. The molecule has 4 unspecified atom stereocenters. The van der Waals surface area contributed by atoms with Crippen LogP contribution in [0.2, 0.25) is 0 Å². The van der Waals surface area contributed by atoms with Gasteiger partial charge in [-0.2, -0.15) is 0 Å². The fourth-order valence-electron chi connectivity index (χ4n) is 3.31. The average Bonchev–Trinajstić information content (AvgIpc) is 3.10. The molecule has 1 N–H and O–H groups in total. The summed E-state index contributed by atoms with van der Waals surface area (Å²) < 4.78 is 8.12. The zero-order valence-corrected chi connectivity index (χ0v) is 11.8. The third-order valence-corrected chi connectivity index (χ3v) is 9.81. The summed E-state index contributed by atoms with van der Waals surface area (Å²) in [6, 6.07) is 0. The Bertz CT molecular complexity index is 481. The molecule has 2 aliphatic carbocycles. The van der Waals surface area contributed by atoms with Gasteiger partial charge in [0.2, 0.25) is 0 Å². The van der Waals surface area contributed by atoms with Crippen LogP contribution in [0.5, 0.6) is 0 Å². The number of carbonyl (C=O) groups excluding carboxylic acids is 1. The molecule has 3 nitrogen and oxygen atoms in total. The van der Waals surface area contributed by atoms with Crippen molar-refractivity contribution in [1.82, 2.24) is 0 Å². The van der Waals surface area contributed by atoms with Gasteiger partial charge in [-0.1, -0.05) is 0 Å². The molecule has 4 heteroatoms. The molecule has 0 aromatic heterocycles. The molecule has 17 heavy (non-hydrogen) atoms. The number of carbonyl (C=O) groups is 1. The van der Waals surface area contributed by atoms with E-state index in [0.717, 1.165) is 10.8 Å². The first-order valence-electron chi connectivity index (χ1n) is 6.11. The van der Waals surface area contributed by atoms with Crippen molar-refractivity contribution in [2.45, 2.75) is 17.0 Å². The predicted molar refractivity (Wildman–Crippen MR) is 71.7 cm³/mol. The predicted octanol–water partition coefficient (Wildman–Crippen LogP) is 1.85. The molecule has 0 aromatic rings. The standard InChI is InChI=1S/C13H15IO3/c1-2-17-12(15)11-8-3-7-4-13(16)6-14(13)5-9(7)10(8)11/h4-5,8,10-11,16H,2-3,6H2,1H3. The van der Waals surface area contributed by atoms with Crippen molar-refractivity contribution in [3.63, 3.8) is 0 Å². The van der Waals surface area contributed by atoms with E-state index in [1.54, 1.807) is 0 Å². The number of allylic oxidation sites excluding steroid dienone is 2. The van der Waals surface area contributed by atoms with Crippen LogP contribution in [0.15, 0.2) is 21.3 Å². The number of ether oxygens (including phenoxy) is 1. The summed E-state index contributed by atoms with van der Waals surface area (Å²) in [6.45, 7) is 2.34. The molecule has 0 spiro atoms. The number of hydrogen-bond donors (Lipinski definition) is 1. The van der Waals surface area contributed by atoms with Gasteiger partial charge in [-0.05, 0) is 0 Å². The Balaban J connectivity index is 1.57. The second-order valence-electron chi connectivity index (χ2n) is 5.25. The molecule has 0 amide bonds. The maximum atomic E-state index is 11.7. The first-order chi connectivity index (χ1) is 8.14. The zero-order chi connectivity index (χ0) is 11.8. The van der Waals surface area contributed by atoms with Gasteiger partial charge in [-0.3, -0.25) is 0 Å². The second kappa shape index (κ2) is 3.15. The van der Waals surface area contributed by atoms with E-state index in [9.17, 15) is 9.90 Å². The maximum absolute atomic E-state index is 11.7. The minimum absolute atomic E-state index is 0.0112. The minimum atomic E-state index is -1.21. The van der Waals surface area contributed by atoms with E-state index in [1.807, 2.05) is 6.92 Å². The normalized spacial score (nSPS) is 46.2. The Morgan fingerprint density at radius 3 is 3.29 bits per heavy atom. The Kier molecular flexibility index (Phi) is 1.95. The SMILES string of the molecule is CCOC(=O)C1C2CC3=CC4(O)CI4C=C3C21. The molecule has 0 bridgehead atoms. The Hall–Kier alpha value is -0.360. The fourth-order valence-corrected chi connectivity index (χ4v) is 8.82. The van der Waals surface area contributed by atoms with Gasteiger partial charge in [0.25, 0.3) is 0 Å².